The van der Waals surface area contributed by atoms with Crippen molar-refractivity contribution in [3.63, 3.8) is 0 Å². The van der Waals surface area contributed by atoms with Crippen molar-refractivity contribution >= 4 is 23.3 Å². The maximum absolute atomic E-state index is 13.6. The van der Waals surface area contributed by atoms with E-state index >= 15 is 0 Å². The molecule has 0 bridgehead atoms. The highest BCUT2D eigenvalue weighted by Crippen LogP contribution is 2.25. The predicted molar refractivity (Wildman–Crippen MR) is 122 cm³/mol. The van der Waals surface area contributed by atoms with Gasteiger partial charge in [-0.15, -0.1) is 0 Å². The summed E-state index contributed by atoms with van der Waals surface area (Å²) in [5, 5.41) is 11.0. The van der Waals surface area contributed by atoms with E-state index in [2.05, 4.69) is 0 Å². The number of aliphatic hydroxyl groups excluding tert-OH is 1. The minimum absolute atomic E-state index is 0.117. The molecule has 31 heavy (non-hydrogen) atoms. The molecule has 1 saturated heterocycles. The van der Waals surface area contributed by atoms with Gasteiger partial charge in [0.2, 0.25) is 6.10 Å². The number of amides is 1. The van der Waals surface area contributed by atoms with Gasteiger partial charge in [0.1, 0.15) is 24.2 Å². The first-order chi connectivity index (χ1) is 14.9. The number of hydrogen-bond donors (Lipinski definition) is 1. The normalized spacial score (nSPS) is 17.9. The summed E-state index contributed by atoms with van der Waals surface area (Å²) in [4.78, 5) is 15.0. The molecule has 0 radical (unpaired) electrons. The third-order valence-corrected chi connectivity index (χ3v) is 5.46. The Hall–Kier alpha value is -2.64. The van der Waals surface area contributed by atoms with E-state index in [1.54, 1.807) is 31.4 Å². The molecule has 166 valence electrons. The molecular weight excluding hydrogens is 414 g/mol. The zero-order valence-corrected chi connectivity index (χ0v) is 18.9. The van der Waals surface area contributed by atoms with Gasteiger partial charge in [-0.25, -0.2) is 0 Å². The second kappa shape index (κ2) is 10.6. The Balaban J connectivity index is 1.83. The number of ether oxygens (including phenoxy) is 3. The van der Waals surface area contributed by atoms with Crippen LogP contribution in [-0.4, -0.2) is 53.1 Å². The van der Waals surface area contributed by atoms with E-state index < -0.39 is 18.1 Å². The van der Waals surface area contributed by atoms with Crippen molar-refractivity contribution in [2.75, 3.05) is 13.7 Å². The minimum atomic E-state index is -1.10. The van der Waals surface area contributed by atoms with Crippen molar-refractivity contribution in [3.05, 3.63) is 60.2 Å². The Labute approximate surface area is 188 Å². The van der Waals surface area contributed by atoms with Crippen LogP contribution >= 0.6 is 12.2 Å². The number of nitrogens with zero attached hydrogens (tertiary/aromatic N) is 1. The quantitative estimate of drug-likeness (QED) is 0.598. The Kier molecular flexibility index (Phi) is 7.87. The summed E-state index contributed by atoms with van der Waals surface area (Å²) in [5.41, 5.74) is 1.08. The Bertz CT molecular complexity index is 871. The second-order valence-corrected chi connectivity index (χ2v) is 8.39. The molecule has 1 heterocycles. The Morgan fingerprint density at radius 1 is 1.16 bits per heavy atom. The van der Waals surface area contributed by atoms with Gasteiger partial charge in [-0.2, -0.15) is 0 Å². The summed E-state index contributed by atoms with van der Waals surface area (Å²) in [6, 6.07) is 16.5. The fourth-order valence-electron chi connectivity index (χ4n) is 3.61. The fourth-order valence-corrected chi connectivity index (χ4v) is 3.91. The molecule has 2 aromatic carbocycles. The van der Waals surface area contributed by atoms with Gasteiger partial charge in [0, 0.05) is 0 Å². The van der Waals surface area contributed by atoms with Crippen LogP contribution in [0, 0.1) is 5.92 Å². The molecule has 1 aliphatic heterocycles. The number of thiocarbonyl (C=S) groups is 1. The van der Waals surface area contributed by atoms with Crippen LogP contribution < -0.4 is 9.47 Å². The molecule has 7 heteroatoms. The van der Waals surface area contributed by atoms with Gasteiger partial charge in [0.15, 0.2) is 0 Å². The first-order valence-electron chi connectivity index (χ1n) is 10.4. The lowest BCUT2D eigenvalue weighted by atomic mass is 9.99. The van der Waals surface area contributed by atoms with Crippen LogP contribution in [0.3, 0.4) is 0 Å². The van der Waals surface area contributed by atoms with Crippen molar-refractivity contribution in [3.8, 4) is 11.5 Å². The molecule has 6 nitrogen and oxygen atoms in total. The molecule has 1 aliphatic rings. The van der Waals surface area contributed by atoms with Gasteiger partial charge in [-0.05, 0) is 60.8 Å². The molecule has 0 aliphatic carbocycles. The average Bonchev–Trinajstić information content (AvgIpc) is 3.12. The molecule has 3 atom stereocenters. The zero-order chi connectivity index (χ0) is 22.4. The topological polar surface area (TPSA) is 68.2 Å². The number of hydrogen-bond acceptors (Lipinski definition) is 6. The summed E-state index contributed by atoms with van der Waals surface area (Å²) >= 11 is 5.33. The van der Waals surface area contributed by atoms with Crippen LogP contribution in [0.2, 0.25) is 0 Å². The van der Waals surface area contributed by atoms with Gasteiger partial charge in [-0.3, -0.25) is 9.69 Å². The summed E-state index contributed by atoms with van der Waals surface area (Å²) in [5.74, 6) is 0.932. The van der Waals surface area contributed by atoms with E-state index in [0.29, 0.717) is 30.9 Å². The van der Waals surface area contributed by atoms with E-state index in [0.717, 1.165) is 5.56 Å². The predicted octanol–water partition coefficient (Wildman–Crippen LogP) is 3.60. The highest BCUT2D eigenvalue weighted by molar-refractivity contribution is 7.80. The molecule has 0 saturated carbocycles. The van der Waals surface area contributed by atoms with Crippen LogP contribution in [0.1, 0.15) is 25.8 Å². The number of carbonyl (C=O) groups is 1. The molecule has 1 amide bonds. The van der Waals surface area contributed by atoms with Gasteiger partial charge >= 0.3 is 0 Å². The standard InChI is InChI=1S/C24H29NO5S/c1-16(2)13-21(26)22(30-20-11-9-19(28-3)10-12-20)23(27)25-18(15-29-24(25)31)14-17-7-5-4-6-8-17/h4-12,16,18,21-22,26H,13-15H2,1-3H3/t18-,21+,22-/m0/s1. The molecule has 0 aromatic heterocycles. The highest BCUT2D eigenvalue weighted by Gasteiger charge is 2.42. The van der Waals surface area contributed by atoms with Crippen molar-refractivity contribution < 1.29 is 24.1 Å². The first-order valence-corrected chi connectivity index (χ1v) is 10.8. The Morgan fingerprint density at radius 3 is 2.42 bits per heavy atom. The smallest absolute Gasteiger partial charge is 0.274 e. The number of aliphatic hydroxyl groups is 1. The van der Waals surface area contributed by atoms with E-state index in [9.17, 15) is 9.90 Å². The van der Waals surface area contributed by atoms with Crippen LogP contribution in [0.4, 0.5) is 0 Å². The second-order valence-electron chi connectivity index (χ2n) is 8.04. The van der Waals surface area contributed by atoms with E-state index in [-0.39, 0.29) is 17.1 Å². The zero-order valence-electron chi connectivity index (χ0n) is 18.1. The average molecular weight is 444 g/mol. The van der Waals surface area contributed by atoms with Crippen molar-refractivity contribution in [1.29, 1.82) is 0 Å². The monoisotopic (exact) mass is 443 g/mol. The van der Waals surface area contributed by atoms with Gasteiger partial charge in [0.25, 0.3) is 11.1 Å². The molecule has 1 N–H and O–H groups in total. The van der Waals surface area contributed by atoms with Crippen LogP contribution in [0.5, 0.6) is 11.5 Å². The number of methoxy groups -OCH3 is 1. The molecule has 0 unspecified atom stereocenters. The molecular formula is C24H29NO5S. The first kappa shape index (κ1) is 23.0. The fraction of sp³-hybridized carbons (Fsp3) is 0.417. The largest absolute Gasteiger partial charge is 0.497 e. The molecule has 1 fully saturated rings. The minimum Gasteiger partial charge on any atom is -0.497 e. The van der Waals surface area contributed by atoms with Crippen LogP contribution in [0.15, 0.2) is 54.6 Å². The van der Waals surface area contributed by atoms with Gasteiger partial charge < -0.3 is 19.3 Å². The highest BCUT2D eigenvalue weighted by atomic mass is 32.1. The van der Waals surface area contributed by atoms with Crippen LogP contribution in [0.25, 0.3) is 0 Å². The maximum atomic E-state index is 13.6. The van der Waals surface area contributed by atoms with E-state index in [4.69, 9.17) is 26.4 Å². The lowest BCUT2D eigenvalue weighted by Gasteiger charge is -2.30. The van der Waals surface area contributed by atoms with Gasteiger partial charge in [-0.1, -0.05) is 44.2 Å². The summed E-state index contributed by atoms with van der Waals surface area (Å²) in [6.45, 7) is 4.29. The van der Waals surface area contributed by atoms with Crippen LogP contribution in [-0.2, 0) is 16.0 Å². The summed E-state index contributed by atoms with van der Waals surface area (Å²) < 4.78 is 16.7. The van der Waals surface area contributed by atoms with Crippen molar-refractivity contribution in [2.45, 2.75) is 44.9 Å². The van der Waals surface area contributed by atoms with E-state index in [1.807, 2.05) is 44.2 Å². The molecule has 3 rings (SSSR count). The molecule has 2 aromatic rings. The number of rotatable bonds is 9. The van der Waals surface area contributed by atoms with Gasteiger partial charge in [0.05, 0.1) is 13.2 Å². The molecule has 0 spiro atoms. The Morgan fingerprint density at radius 2 is 1.81 bits per heavy atom. The SMILES string of the molecule is COc1ccc(O[C@H](C(=O)N2C(=S)OC[C@@H]2Cc2ccccc2)[C@H](O)CC(C)C)cc1. The lowest BCUT2D eigenvalue weighted by Crippen LogP contribution is -2.52. The maximum Gasteiger partial charge on any atom is 0.274 e. The summed E-state index contributed by atoms with van der Waals surface area (Å²) in [6.07, 6.45) is -1.08. The van der Waals surface area contributed by atoms with E-state index in [1.165, 1.54) is 4.90 Å². The summed E-state index contributed by atoms with van der Waals surface area (Å²) in [7, 11) is 1.58. The van der Waals surface area contributed by atoms with Crippen molar-refractivity contribution in [2.24, 2.45) is 5.92 Å². The number of benzene rings is 2. The number of carbonyl (C=O) groups excluding carboxylic acids is 1. The third-order valence-electron chi connectivity index (χ3n) is 5.14. The lowest BCUT2D eigenvalue weighted by molar-refractivity contribution is -0.141. The third kappa shape index (κ3) is 5.95. The van der Waals surface area contributed by atoms with Crippen molar-refractivity contribution in [1.82, 2.24) is 4.90 Å².